The molecule has 1 saturated carbocycles. The lowest BCUT2D eigenvalue weighted by atomic mass is 9.81. The Balaban J connectivity index is 1.91. The van der Waals surface area contributed by atoms with Gasteiger partial charge in [-0.15, -0.1) is 0 Å². The van der Waals surface area contributed by atoms with Crippen LogP contribution < -0.4 is 11.1 Å². The van der Waals surface area contributed by atoms with Gasteiger partial charge in [0.15, 0.2) is 5.65 Å². The molecule has 0 atom stereocenters. The second-order valence-corrected chi connectivity index (χ2v) is 5.36. The number of nitrogens with two attached hydrogens (primary N) is 1. The second-order valence-electron chi connectivity index (χ2n) is 5.36. The number of carbonyl (C=O) groups is 2. The molecule has 3 N–H and O–H groups in total. The summed E-state index contributed by atoms with van der Waals surface area (Å²) in [5.41, 5.74) is 6.51. The van der Waals surface area contributed by atoms with Crippen LogP contribution >= 0.6 is 0 Å². The molecule has 1 fully saturated rings. The van der Waals surface area contributed by atoms with Crippen LogP contribution in [0.4, 0.5) is 0 Å². The number of primary amides is 1. The first-order chi connectivity index (χ1) is 10.5. The summed E-state index contributed by atoms with van der Waals surface area (Å²) in [6.07, 6.45) is 2.75. The van der Waals surface area contributed by atoms with E-state index in [9.17, 15) is 9.59 Å². The highest BCUT2D eigenvalue weighted by Gasteiger charge is 2.31. The first-order valence-corrected chi connectivity index (χ1v) is 6.86. The molecule has 0 saturated heterocycles. The van der Waals surface area contributed by atoms with Gasteiger partial charge in [-0.05, 0) is 25.8 Å². The van der Waals surface area contributed by atoms with Crippen molar-refractivity contribution in [2.75, 3.05) is 0 Å². The molecule has 8 heteroatoms. The molecule has 0 unspecified atom stereocenters. The van der Waals surface area contributed by atoms with Gasteiger partial charge >= 0.3 is 0 Å². The Morgan fingerprint density at radius 3 is 2.86 bits per heavy atom. The third-order valence-corrected chi connectivity index (χ3v) is 3.83. The predicted molar refractivity (Wildman–Crippen MR) is 75.8 cm³/mol. The topological polar surface area (TPSA) is 126 Å². The minimum absolute atomic E-state index is 0.00682. The minimum Gasteiger partial charge on any atom is -0.365 e. The molecule has 2 amide bonds. The molecule has 8 nitrogen and oxygen atoms in total. The third-order valence-electron chi connectivity index (χ3n) is 3.83. The highest BCUT2D eigenvalue weighted by atomic mass is 16.2. The number of nitriles is 1. The van der Waals surface area contributed by atoms with E-state index < -0.39 is 5.91 Å². The van der Waals surface area contributed by atoms with Gasteiger partial charge < -0.3 is 11.1 Å². The van der Waals surface area contributed by atoms with E-state index in [-0.39, 0.29) is 34.8 Å². The number of hydrogen-bond acceptors (Lipinski definition) is 5. The summed E-state index contributed by atoms with van der Waals surface area (Å²) < 4.78 is 1.32. The fourth-order valence-corrected chi connectivity index (χ4v) is 2.61. The smallest absolute Gasteiger partial charge is 0.270 e. The number of nitrogens with zero attached hydrogens (tertiary/aromatic N) is 4. The number of aromatic nitrogens is 3. The number of aryl methyl sites for hydroxylation is 1. The summed E-state index contributed by atoms with van der Waals surface area (Å²) >= 11 is 0. The summed E-state index contributed by atoms with van der Waals surface area (Å²) in [6, 6.07) is 3.69. The molecule has 112 valence electrons. The van der Waals surface area contributed by atoms with Gasteiger partial charge in [0.2, 0.25) is 0 Å². The van der Waals surface area contributed by atoms with E-state index in [2.05, 4.69) is 21.5 Å². The van der Waals surface area contributed by atoms with E-state index in [0.717, 1.165) is 0 Å². The SMILES string of the molecule is Cc1nn2c(C(=O)NC3CC(C#N)C3)ccnc2c1C(N)=O. The molecule has 0 aromatic carbocycles. The van der Waals surface area contributed by atoms with Crippen molar-refractivity contribution < 1.29 is 9.59 Å². The number of carbonyl (C=O) groups excluding carboxylic acids is 2. The molecule has 2 heterocycles. The van der Waals surface area contributed by atoms with Crippen molar-refractivity contribution in [3.63, 3.8) is 0 Å². The average Bonchev–Trinajstić information content (AvgIpc) is 2.77. The van der Waals surface area contributed by atoms with Gasteiger partial charge in [0.1, 0.15) is 11.3 Å². The number of hydrogen-bond donors (Lipinski definition) is 2. The molecule has 1 aliphatic rings. The molecule has 3 rings (SSSR count). The molecule has 1 aliphatic carbocycles. The normalized spacial score (nSPS) is 20.2. The van der Waals surface area contributed by atoms with Gasteiger partial charge in [0.05, 0.1) is 17.7 Å². The highest BCUT2D eigenvalue weighted by Crippen LogP contribution is 2.26. The van der Waals surface area contributed by atoms with Gasteiger partial charge in [-0.25, -0.2) is 9.50 Å². The van der Waals surface area contributed by atoms with Crippen molar-refractivity contribution in [3.05, 3.63) is 29.2 Å². The second kappa shape index (κ2) is 5.11. The first kappa shape index (κ1) is 14.0. The van der Waals surface area contributed by atoms with Crippen LogP contribution in [0.2, 0.25) is 0 Å². The predicted octanol–water partition coefficient (Wildman–Crippen LogP) is 0.169. The lowest BCUT2D eigenvalue weighted by Gasteiger charge is -2.31. The first-order valence-electron chi connectivity index (χ1n) is 6.86. The zero-order chi connectivity index (χ0) is 15.9. The van der Waals surface area contributed by atoms with E-state index in [4.69, 9.17) is 11.0 Å². The highest BCUT2D eigenvalue weighted by molar-refractivity contribution is 6.01. The lowest BCUT2D eigenvalue weighted by molar-refractivity contribution is 0.0895. The number of rotatable bonds is 3. The Morgan fingerprint density at radius 1 is 1.50 bits per heavy atom. The van der Waals surface area contributed by atoms with Gasteiger partial charge in [0, 0.05) is 12.2 Å². The van der Waals surface area contributed by atoms with Gasteiger partial charge in [-0.1, -0.05) is 0 Å². The van der Waals surface area contributed by atoms with E-state index >= 15 is 0 Å². The van der Waals surface area contributed by atoms with Crippen LogP contribution in [0.25, 0.3) is 5.65 Å². The fourth-order valence-electron chi connectivity index (χ4n) is 2.61. The van der Waals surface area contributed by atoms with E-state index in [1.807, 2.05) is 0 Å². The van der Waals surface area contributed by atoms with E-state index in [0.29, 0.717) is 18.5 Å². The minimum atomic E-state index is -0.631. The van der Waals surface area contributed by atoms with Gasteiger partial charge in [0.25, 0.3) is 11.8 Å². The van der Waals surface area contributed by atoms with Crippen LogP contribution in [0, 0.1) is 24.2 Å². The molecular weight excluding hydrogens is 284 g/mol. The van der Waals surface area contributed by atoms with Gasteiger partial charge in [-0.2, -0.15) is 10.4 Å². The van der Waals surface area contributed by atoms with Crippen molar-refractivity contribution >= 4 is 17.5 Å². The van der Waals surface area contributed by atoms with Crippen molar-refractivity contribution in [2.45, 2.75) is 25.8 Å². The molecule has 0 bridgehead atoms. The van der Waals surface area contributed by atoms with Crippen LogP contribution in [-0.2, 0) is 0 Å². The van der Waals surface area contributed by atoms with Crippen LogP contribution in [0.3, 0.4) is 0 Å². The number of nitrogens with one attached hydrogen (secondary N) is 1. The summed E-state index contributed by atoms with van der Waals surface area (Å²) in [5.74, 6) is -0.933. The zero-order valence-electron chi connectivity index (χ0n) is 11.9. The van der Waals surface area contributed by atoms with E-state index in [1.165, 1.54) is 16.8 Å². The third kappa shape index (κ3) is 2.16. The zero-order valence-corrected chi connectivity index (χ0v) is 11.9. The van der Waals surface area contributed by atoms with Crippen LogP contribution in [-0.4, -0.2) is 32.5 Å². The van der Waals surface area contributed by atoms with Crippen molar-refractivity contribution in [1.82, 2.24) is 19.9 Å². The summed E-state index contributed by atoms with van der Waals surface area (Å²) in [6.45, 7) is 1.64. The summed E-state index contributed by atoms with van der Waals surface area (Å²) in [4.78, 5) is 27.9. The Bertz CT molecular complexity index is 813. The lowest BCUT2D eigenvalue weighted by Crippen LogP contribution is -2.44. The van der Waals surface area contributed by atoms with Crippen LogP contribution in [0.1, 0.15) is 39.4 Å². The van der Waals surface area contributed by atoms with Crippen molar-refractivity contribution in [3.8, 4) is 6.07 Å². The largest absolute Gasteiger partial charge is 0.365 e. The molecular formula is C14H14N6O2. The fraction of sp³-hybridized carbons (Fsp3) is 0.357. The van der Waals surface area contributed by atoms with Crippen molar-refractivity contribution in [2.24, 2.45) is 11.7 Å². The van der Waals surface area contributed by atoms with Crippen LogP contribution in [0.15, 0.2) is 12.3 Å². The standard InChI is InChI=1S/C14H14N6O2/c1-7-11(12(16)21)13-17-3-2-10(20(13)19-7)14(22)18-9-4-8(5-9)6-15/h2-3,8-9H,4-5H2,1H3,(H2,16,21)(H,18,22). The molecule has 0 spiro atoms. The number of amides is 2. The Labute approximate surface area is 125 Å². The summed E-state index contributed by atoms with van der Waals surface area (Å²) in [7, 11) is 0. The summed E-state index contributed by atoms with van der Waals surface area (Å²) in [5, 5.41) is 15.8. The average molecular weight is 298 g/mol. The molecule has 0 aliphatic heterocycles. The molecule has 22 heavy (non-hydrogen) atoms. The van der Waals surface area contributed by atoms with Crippen molar-refractivity contribution in [1.29, 1.82) is 5.26 Å². The maximum Gasteiger partial charge on any atom is 0.270 e. The quantitative estimate of drug-likeness (QED) is 0.835. The molecule has 2 aromatic heterocycles. The Hall–Kier alpha value is -2.95. The monoisotopic (exact) mass is 298 g/mol. The Kier molecular flexibility index (Phi) is 3.25. The maximum atomic E-state index is 12.3. The van der Waals surface area contributed by atoms with E-state index in [1.54, 1.807) is 6.92 Å². The molecule has 0 radical (unpaired) electrons. The van der Waals surface area contributed by atoms with Gasteiger partial charge in [-0.3, -0.25) is 9.59 Å². The van der Waals surface area contributed by atoms with Crippen LogP contribution in [0.5, 0.6) is 0 Å². The maximum absolute atomic E-state index is 12.3. The Morgan fingerprint density at radius 2 is 2.23 bits per heavy atom. The molecule has 2 aromatic rings. The number of fused-ring (bicyclic) bond motifs is 1.